The zero-order valence-corrected chi connectivity index (χ0v) is 23.9. The van der Waals surface area contributed by atoms with Crippen LogP contribution >= 0.6 is 0 Å². The van der Waals surface area contributed by atoms with Gasteiger partial charge in [-0.1, -0.05) is 13.0 Å². The molecule has 0 spiro atoms. The van der Waals surface area contributed by atoms with Crippen molar-refractivity contribution in [1.82, 2.24) is 19.1 Å². The van der Waals surface area contributed by atoms with Gasteiger partial charge in [0.25, 0.3) is 0 Å². The van der Waals surface area contributed by atoms with Crippen LogP contribution in [0.4, 0.5) is 14.5 Å². The molecule has 0 radical (unpaired) electrons. The Morgan fingerprint density at radius 2 is 1.86 bits per heavy atom. The number of aliphatic hydroxyl groups is 1. The number of rotatable bonds is 10. The van der Waals surface area contributed by atoms with E-state index < -0.39 is 28.6 Å². The van der Waals surface area contributed by atoms with E-state index in [-0.39, 0.29) is 23.5 Å². The average molecular weight is 600 g/mol. The van der Waals surface area contributed by atoms with Gasteiger partial charge in [0.2, 0.25) is 5.75 Å². The van der Waals surface area contributed by atoms with E-state index in [1.165, 1.54) is 6.20 Å². The van der Waals surface area contributed by atoms with Crippen molar-refractivity contribution >= 4 is 28.1 Å². The Labute approximate surface area is 243 Å². The summed E-state index contributed by atoms with van der Waals surface area (Å²) in [4.78, 5) is 19.8. The summed E-state index contributed by atoms with van der Waals surface area (Å²) >= 11 is -1.30. The number of piperazine rings is 1. The van der Waals surface area contributed by atoms with Crippen molar-refractivity contribution in [3.05, 3.63) is 76.0 Å². The Kier molecular flexibility index (Phi) is 7.92. The van der Waals surface area contributed by atoms with Gasteiger partial charge in [-0.3, -0.25) is 4.79 Å². The standard InChI is InChI=1S/C29H31F2N5O5S/c1-29(5-6-29)18-40-27-24(16-32-36(28(27)38)22-14-20(30)13-21(31)15-22)34-7-9-35(10-8-34)42(39)17-19-2-3-23-25(12-19)41-26(33-23)4-11-37/h2-3,12-16,37H,4-11,17-18H2,1H3/t42-/m1/s1. The third kappa shape index (κ3) is 6.14. The molecule has 2 aromatic heterocycles. The largest absolute Gasteiger partial charge is 0.598 e. The van der Waals surface area contributed by atoms with Crippen molar-refractivity contribution in [3.8, 4) is 11.4 Å². The van der Waals surface area contributed by atoms with Crippen LogP contribution in [-0.4, -0.2) is 68.1 Å². The zero-order chi connectivity index (χ0) is 29.4. The first-order valence-electron chi connectivity index (χ1n) is 13.8. The lowest BCUT2D eigenvalue weighted by atomic mass is 10.2. The summed E-state index contributed by atoms with van der Waals surface area (Å²) in [7, 11) is 0. The molecule has 2 aromatic carbocycles. The molecule has 1 saturated heterocycles. The molecule has 1 aliphatic carbocycles. The predicted molar refractivity (Wildman–Crippen MR) is 153 cm³/mol. The van der Waals surface area contributed by atoms with E-state index in [0.717, 1.165) is 41.3 Å². The van der Waals surface area contributed by atoms with Gasteiger partial charge < -0.3 is 23.7 Å². The Hall–Kier alpha value is -3.52. The van der Waals surface area contributed by atoms with Crippen LogP contribution in [-0.2, 0) is 23.5 Å². The van der Waals surface area contributed by atoms with Gasteiger partial charge in [-0.15, -0.1) is 4.31 Å². The van der Waals surface area contributed by atoms with Gasteiger partial charge in [0, 0.05) is 47.9 Å². The topological polar surface area (TPSA) is 120 Å². The van der Waals surface area contributed by atoms with E-state index in [2.05, 4.69) is 17.0 Å². The molecular formula is C29H31F2N5O5S. The number of aliphatic hydroxyl groups excluding tert-OH is 1. The van der Waals surface area contributed by atoms with E-state index in [4.69, 9.17) is 14.3 Å². The average Bonchev–Trinajstić information content (AvgIpc) is 3.56. The number of oxazole rings is 1. The molecule has 2 fully saturated rings. The van der Waals surface area contributed by atoms with Crippen LogP contribution in [0.2, 0.25) is 0 Å². The quantitative estimate of drug-likeness (QED) is 0.274. The third-order valence-electron chi connectivity index (χ3n) is 7.66. The Balaban J connectivity index is 1.17. The molecule has 0 bridgehead atoms. The number of anilines is 1. The predicted octanol–water partition coefficient (Wildman–Crippen LogP) is 3.35. The van der Waals surface area contributed by atoms with Gasteiger partial charge in [-0.25, -0.2) is 13.8 Å². The summed E-state index contributed by atoms with van der Waals surface area (Å²) in [6.45, 7) is 4.29. The molecule has 1 N–H and O–H groups in total. The van der Waals surface area contributed by atoms with Crippen molar-refractivity contribution in [2.75, 3.05) is 44.3 Å². The number of ether oxygens (including phenoxy) is 1. The van der Waals surface area contributed by atoms with Crippen molar-refractivity contribution in [2.24, 2.45) is 5.41 Å². The maximum absolute atomic E-state index is 13.9. The van der Waals surface area contributed by atoms with Crippen LogP contribution in [0.5, 0.6) is 5.75 Å². The molecule has 4 aromatic rings. The van der Waals surface area contributed by atoms with Gasteiger partial charge in [-0.05, 0) is 37.1 Å². The number of halogens is 2. The summed E-state index contributed by atoms with van der Waals surface area (Å²) in [6.07, 6.45) is 3.81. The Bertz CT molecular complexity index is 1630. The van der Waals surface area contributed by atoms with Crippen LogP contribution in [0.25, 0.3) is 16.8 Å². The molecule has 222 valence electrons. The van der Waals surface area contributed by atoms with Crippen molar-refractivity contribution in [2.45, 2.75) is 31.9 Å². The second-order valence-corrected chi connectivity index (χ2v) is 12.5. The molecule has 6 rings (SSSR count). The molecule has 2 aliphatic rings. The number of benzene rings is 2. The molecule has 13 heteroatoms. The van der Waals surface area contributed by atoms with E-state index in [1.807, 2.05) is 27.4 Å². The summed E-state index contributed by atoms with van der Waals surface area (Å²) in [6, 6.07) is 8.35. The van der Waals surface area contributed by atoms with Crippen molar-refractivity contribution < 1.29 is 27.6 Å². The molecule has 1 aliphatic heterocycles. The maximum Gasteiger partial charge on any atom is 0.316 e. The molecule has 10 nitrogen and oxygen atoms in total. The lowest BCUT2D eigenvalue weighted by Crippen LogP contribution is -2.49. The monoisotopic (exact) mass is 599 g/mol. The Morgan fingerprint density at radius 3 is 2.55 bits per heavy atom. The number of hydrogen-bond donors (Lipinski definition) is 1. The molecule has 1 atom stereocenters. The highest BCUT2D eigenvalue weighted by molar-refractivity contribution is 7.88. The molecular weight excluding hydrogens is 568 g/mol. The van der Waals surface area contributed by atoms with Crippen LogP contribution in [0.3, 0.4) is 0 Å². The van der Waals surface area contributed by atoms with Crippen LogP contribution in [0.1, 0.15) is 31.2 Å². The number of fused-ring (bicyclic) bond motifs is 1. The van der Waals surface area contributed by atoms with Crippen molar-refractivity contribution in [3.63, 3.8) is 0 Å². The fraction of sp³-hybridized carbons (Fsp3) is 0.414. The summed E-state index contributed by atoms with van der Waals surface area (Å²) < 4.78 is 55.6. The fourth-order valence-electron chi connectivity index (χ4n) is 4.92. The van der Waals surface area contributed by atoms with E-state index >= 15 is 0 Å². The molecule has 0 unspecified atom stereocenters. The minimum absolute atomic E-state index is 0.00646. The SMILES string of the molecule is CC1(COc2c(N3CCN([S@+]([O-])Cc4ccc5nc(CCO)oc5c4)CC3)cnn(-c3cc(F)cc(F)c3)c2=O)CC1. The maximum atomic E-state index is 13.9. The summed E-state index contributed by atoms with van der Waals surface area (Å²) in [5, 5.41) is 13.3. The van der Waals surface area contributed by atoms with E-state index in [9.17, 15) is 18.1 Å². The number of hydrogen-bond acceptors (Lipinski definition) is 9. The fourth-order valence-corrected chi connectivity index (χ4v) is 6.13. The summed E-state index contributed by atoms with van der Waals surface area (Å²) in [5.41, 5.74) is 1.99. The number of aromatic nitrogens is 3. The van der Waals surface area contributed by atoms with E-state index in [1.54, 1.807) is 0 Å². The third-order valence-corrected chi connectivity index (χ3v) is 9.18. The number of nitrogens with zero attached hydrogens (tertiary/aromatic N) is 5. The summed E-state index contributed by atoms with van der Waals surface area (Å²) in [5.74, 6) is -0.778. The molecule has 3 heterocycles. The van der Waals surface area contributed by atoms with Gasteiger partial charge in [0.15, 0.2) is 17.2 Å². The van der Waals surface area contributed by atoms with E-state index in [0.29, 0.717) is 67.6 Å². The van der Waals surface area contributed by atoms with Crippen LogP contribution in [0.15, 0.2) is 51.8 Å². The second kappa shape index (κ2) is 11.6. The molecule has 0 amide bonds. The molecule has 42 heavy (non-hydrogen) atoms. The van der Waals surface area contributed by atoms with Gasteiger partial charge in [-0.2, -0.15) is 9.78 Å². The van der Waals surface area contributed by atoms with Gasteiger partial charge in [0.1, 0.15) is 22.8 Å². The lowest BCUT2D eigenvalue weighted by Gasteiger charge is -2.36. The lowest BCUT2D eigenvalue weighted by molar-refractivity contribution is 0.242. The van der Waals surface area contributed by atoms with Crippen LogP contribution < -0.4 is 15.2 Å². The minimum Gasteiger partial charge on any atom is -0.598 e. The second-order valence-electron chi connectivity index (χ2n) is 11.1. The first-order valence-corrected chi connectivity index (χ1v) is 15.1. The van der Waals surface area contributed by atoms with Gasteiger partial charge >= 0.3 is 5.56 Å². The smallest absolute Gasteiger partial charge is 0.316 e. The highest BCUT2D eigenvalue weighted by atomic mass is 32.2. The first-order chi connectivity index (χ1) is 20.2. The van der Waals surface area contributed by atoms with Crippen molar-refractivity contribution in [1.29, 1.82) is 0 Å². The van der Waals surface area contributed by atoms with Crippen LogP contribution in [0, 0.1) is 17.0 Å². The van der Waals surface area contributed by atoms with Gasteiger partial charge in [0.05, 0.1) is 38.2 Å². The first kappa shape index (κ1) is 28.6. The highest BCUT2D eigenvalue weighted by Crippen LogP contribution is 2.45. The highest BCUT2D eigenvalue weighted by Gasteiger charge is 2.39. The Morgan fingerprint density at radius 1 is 1.12 bits per heavy atom. The molecule has 1 saturated carbocycles. The minimum atomic E-state index is -1.30. The zero-order valence-electron chi connectivity index (χ0n) is 23.1. The normalized spacial score (nSPS) is 17.5.